The average Bonchev–Trinajstić information content (AvgIpc) is 2.86. The maximum atomic E-state index is 15.1. The minimum Gasteiger partial charge on any atom is -0.444 e. The summed E-state index contributed by atoms with van der Waals surface area (Å²) >= 11 is 0. The molecule has 0 aromatic heterocycles. The molecule has 1 aliphatic rings. The normalized spacial score (nSPS) is 14.6. The van der Waals surface area contributed by atoms with Crippen LogP contribution in [0.3, 0.4) is 0 Å². The summed E-state index contributed by atoms with van der Waals surface area (Å²) in [6, 6.07) is 5.20. The van der Waals surface area contributed by atoms with Gasteiger partial charge in [-0.05, 0) is 39.8 Å². The summed E-state index contributed by atoms with van der Waals surface area (Å²) in [5.41, 5.74) is -1.14. The van der Waals surface area contributed by atoms with E-state index in [0.717, 1.165) is 6.07 Å². The van der Waals surface area contributed by atoms with Gasteiger partial charge < -0.3 is 30.3 Å². The van der Waals surface area contributed by atoms with Crippen LogP contribution < -0.4 is 20.9 Å². The summed E-state index contributed by atoms with van der Waals surface area (Å²) in [5, 5.41) is 8.14. The number of hydrogen-bond donors (Lipinski definition) is 3. The van der Waals surface area contributed by atoms with E-state index in [1.807, 2.05) is 0 Å². The number of nitrogens with zero attached hydrogens (tertiary/aromatic N) is 1. The number of alkyl halides is 2. The topological polar surface area (TPSA) is 91.9 Å². The van der Waals surface area contributed by atoms with E-state index in [4.69, 9.17) is 9.47 Å². The van der Waals surface area contributed by atoms with E-state index >= 15 is 4.39 Å². The minimum absolute atomic E-state index is 0.0624. The molecule has 214 valence electrons. The lowest BCUT2D eigenvalue weighted by Crippen LogP contribution is -2.37. The van der Waals surface area contributed by atoms with Crippen LogP contribution in [0, 0.1) is 11.6 Å². The molecule has 2 amide bonds. The molecule has 0 unspecified atom stereocenters. The number of rotatable bonds is 9. The summed E-state index contributed by atoms with van der Waals surface area (Å²) in [6.07, 6.45) is -3.64. The third-order valence-corrected chi connectivity index (χ3v) is 5.90. The zero-order valence-corrected chi connectivity index (χ0v) is 22.4. The highest BCUT2D eigenvalue weighted by Gasteiger charge is 2.24. The van der Waals surface area contributed by atoms with Crippen LogP contribution in [0.15, 0.2) is 30.3 Å². The van der Waals surface area contributed by atoms with Crippen LogP contribution in [0.5, 0.6) is 0 Å². The number of ether oxygens (including phenoxy) is 2. The Kier molecular flexibility index (Phi) is 10.0. The highest BCUT2D eigenvalue weighted by atomic mass is 19.3. The first-order chi connectivity index (χ1) is 18.4. The molecule has 1 fully saturated rings. The Morgan fingerprint density at radius 2 is 1.74 bits per heavy atom. The van der Waals surface area contributed by atoms with Gasteiger partial charge in [-0.2, -0.15) is 0 Å². The largest absolute Gasteiger partial charge is 0.444 e. The van der Waals surface area contributed by atoms with Crippen LogP contribution in [0.2, 0.25) is 0 Å². The number of alkyl carbamates (subject to hydrolysis) is 1. The van der Waals surface area contributed by atoms with Crippen molar-refractivity contribution in [3.63, 3.8) is 0 Å². The lowest BCUT2D eigenvalue weighted by Gasteiger charge is -2.30. The molecule has 0 radical (unpaired) electrons. The molecule has 1 atom stereocenters. The Balaban J connectivity index is 1.82. The Hall–Kier alpha value is -3.54. The molecule has 0 saturated carbocycles. The van der Waals surface area contributed by atoms with Crippen molar-refractivity contribution in [2.24, 2.45) is 0 Å². The molecule has 0 bridgehead atoms. The predicted octanol–water partition coefficient (Wildman–Crippen LogP) is 5.17. The predicted molar refractivity (Wildman–Crippen MR) is 139 cm³/mol. The van der Waals surface area contributed by atoms with E-state index in [1.165, 1.54) is 31.2 Å². The molecular weight excluding hydrogens is 520 g/mol. The number of halogens is 4. The molecule has 0 aliphatic carbocycles. The smallest absolute Gasteiger partial charge is 0.407 e. The number of carbonyl (C=O) groups is 2. The lowest BCUT2D eigenvalue weighted by atomic mass is 10.0. The number of nitrogens with one attached hydrogen (secondary N) is 3. The van der Waals surface area contributed by atoms with Crippen molar-refractivity contribution in [3.05, 3.63) is 58.7 Å². The number of morpholine rings is 1. The van der Waals surface area contributed by atoms with Gasteiger partial charge in [0.05, 0.1) is 41.8 Å². The van der Waals surface area contributed by atoms with Crippen LogP contribution >= 0.6 is 0 Å². The van der Waals surface area contributed by atoms with Crippen molar-refractivity contribution < 1.29 is 36.6 Å². The highest BCUT2D eigenvalue weighted by molar-refractivity contribution is 6.01. The average molecular weight is 555 g/mol. The van der Waals surface area contributed by atoms with Gasteiger partial charge in [-0.1, -0.05) is 18.2 Å². The molecule has 39 heavy (non-hydrogen) atoms. The van der Waals surface area contributed by atoms with Crippen molar-refractivity contribution >= 4 is 23.4 Å². The monoisotopic (exact) mass is 554 g/mol. The van der Waals surface area contributed by atoms with E-state index in [9.17, 15) is 22.8 Å². The van der Waals surface area contributed by atoms with Gasteiger partial charge in [0.1, 0.15) is 17.2 Å². The third kappa shape index (κ3) is 8.22. The second-order valence-electron chi connectivity index (χ2n) is 10.1. The van der Waals surface area contributed by atoms with Crippen LogP contribution in [0.1, 0.15) is 61.6 Å². The van der Waals surface area contributed by atoms with Gasteiger partial charge in [0, 0.05) is 31.7 Å². The van der Waals surface area contributed by atoms with Gasteiger partial charge in [0.2, 0.25) is 0 Å². The van der Waals surface area contributed by atoms with Gasteiger partial charge in [0.25, 0.3) is 12.3 Å². The van der Waals surface area contributed by atoms with Crippen molar-refractivity contribution in [2.75, 3.05) is 49.6 Å². The summed E-state index contributed by atoms with van der Waals surface area (Å²) in [7, 11) is 0. The molecule has 3 N–H and O–H groups in total. The fourth-order valence-electron chi connectivity index (χ4n) is 4.04. The first kappa shape index (κ1) is 30.0. The molecule has 1 saturated heterocycles. The fourth-order valence-corrected chi connectivity index (χ4v) is 4.04. The van der Waals surface area contributed by atoms with Crippen LogP contribution in [0.25, 0.3) is 0 Å². The maximum absolute atomic E-state index is 15.1. The van der Waals surface area contributed by atoms with Crippen LogP contribution in [0.4, 0.5) is 33.7 Å². The van der Waals surface area contributed by atoms with Gasteiger partial charge >= 0.3 is 6.09 Å². The Morgan fingerprint density at radius 3 is 2.38 bits per heavy atom. The van der Waals surface area contributed by atoms with E-state index in [-0.39, 0.29) is 35.6 Å². The molecular formula is C27H34F4N4O4. The number of hydrogen-bond acceptors (Lipinski definition) is 6. The van der Waals surface area contributed by atoms with Crippen molar-refractivity contribution in [3.8, 4) is 0 Å². The quantitative estimate of drug-likeness (QED) is 0.293. The summed E-state index contributed by atoms with van der Waals surface area (Å²) in [6.45, 7) is 8.54. The fraction of sp³-hybridized carbons (Fsp3) is 0.481. The number of carbonyl (C=O) groups excluding carboxylic acids is 2. The molecule has 0 spiro atoms. The standard InChI is InChI=1S/C27H34F4N4O4/c1-16(17-6-5-7-18(23(17)29)24(30)31)34-25(36)19-14-22(35-10-12-38-13-11-35)20(28)15-21(19)32-8-9-33-26(37)39-27(2,3)4/h5-7,14-16,24,32H,8-13H2,1-4H3,(H,33,37)(H,34,36)/t16-/m1/s1. The molecule has 1 heterocycles. The summed E-state index contributed by atoms with van der Waals surface area (Å²) < 4.78 is 66.7. The second-order valence-corrected chi connectivity index (χ2v) is 10.1. The van der Waals surface area contributed by atoms with Crippen molar-refractivity contribution in [1.29, 1.82) is 0 Å². The van der Waals surface area contributed by atoms with E-state index in [1.54, 1.807) is 25.7 Å². The molecule has 8 nitrogen and oxygen atoms in total. The number of anilines is 2. The van der Waals surface area contributed by atoms with E-state index < -0.39 is 47.3 Å². The number of benzene rings is 2. The van der Waals surface area contributed by atoms with Gasteiger partial charge in [-0.15, -0.1) is 0 Å². The SMILES string of the molecule is C[C@@H](NC(=O)c1cc(N2CCOCC2)c(F)cc1NCCNC(=O)OC(C)(C)C)c1cccc(C(F)F)c1F. The Labute approximate surface area is 225 Å². The first-order valence-corrected chi connectivity index (χ1v) is 12.6. The third-order valence-electron chi connectivity index (χ3n) is 5.90. The van der Waals surface area contributed by atoms with Crippen LogP contribution in [-0.4, -0.2) is 57.0 Å². The zero-order valence-electron chi connectivity index (χ0n) is 22.4. The lowest BCUT2D eigenvalue weighted by molar-refractivity contribution is 0.0529. The molecule has 2 aromatic rings. The molecule has 12 heteroatoms. The maximum Gasteiger partial charge on any atom is 0.407 e. The molecule has 2 aromatic carbocycles. The van der Waals surface area contributed by atoms with Gasteiger partial charge in [0.15, 0.2) is 0 Å². The Morgan fingerprint density at radius 1 is 1.08 bits per heavy atom. The minimum atomic E-state index is -3.01. The summed E-state index contributed by atoms with van der Waals surface area (Å²) in [4.78, 5) is 27.0. The molecule has 1 aliphatic heterocycles. The zero-order chi connectivity index (χ0) is 28.7. The van der Waals surface area contributed by atoms with E-state index in [0.29, 0.717) is 26.3 Å². The molecule has 3 rings (SSSR count). The van der Waals surface area contributed by atoms with Crippen molar-refractivity contribution in [2.45, 2.75) is 45.8 Å². The number of amides is 2. The second kappa shape index (κ2) is 13.0. The first-order valence-electron chi connectivity index (χ1n) is 12.6. The van der Waals surface area contributed by atoms with Gasteiger partial charge in [-0.3, -0.25) is 4.79 Å². The summed E-state index contributed by atoms with van der Waals surface area (Å²) in [5.74, 6) is -2.33. The highest BCUT2D eigenvalue weighted by Crippen LogP contribution is 2.30. The van der Waals surface area contributed by atoms with Crippen molar-refractivity contribution in [1.82, 2.24) is 10.6 Å². The Bertz CT molecular complexity index is 1170. The van der Waals surface area contributed by atoms with E-state index in [2.05, 4.69) is 16.0 Å². The van der Waals surface area contributed by atoms with Gasteiger partial charge in [-0.25, -0.2) is 22.4 Å². The van der Waals surface area contributed by atoms with Crippen LogP contribution in [-0.2, 0) is 9.47 Å².